The van der Waals surface area contributed by atoms with Crippen molar-refractivity contribution in [3.8, 4) is 11.5 Å². The maximum atomic E-state index is 12.8. The van der Waals surface area contributed by atoms with Gasteiger partial charge in [-0.15, -0.1) is 12.4 Å². The third kappa shape index (κ3) is 3.32. The third-order valence-corrected chi connectivity index (χ3v) is 3.89. The van der Waals surface area contributed by atoms with Crippen LogP contribution in [0.3, 0.4) is 0 Å². The topological polar surface area (TPSA) is 85.2 Å². The van der Waals surface area contributed by atoms with Crippen LogP contribution in [-0.2, 0) is 0 Å². The lowest BCUT2D eigenvalue weighted by Gasteiger charge is -2.33. The van der Waals surface area contributed by atoms with Gasteiger partial charge in [0.25, 0.3) is 11.6 Å². The van der Waals surface area contributed by atoms with Gasteiger partial charge >= 0.3 is 0 Å². The van der Waals surface area contributed by atoms with Crippen LogP contribution >= 0.6 is 12.4 Å². The Bertz CT molecular complexity index is 617. The van der Waals surface area contributed by atoms with E-state index in [2.05, 4.69) is 4.90 Å². The van der Waals surface area contributed by atoms with Crippen LogP contribution in [0.4, 0.5) is 5.69 Å². The molecule has 0 spiro atoms. The number of nitro benzene ring substituents is 1. The van der Waals surface area contributed by atoms with Gasteiger partial charge in [0.2, 0.25) is 0 Å². The Balaban J connectivity index is 0.00000192. The number of hydrogen-bond donors (Lipinski definition) is 0. The van der Waals surface area contributed by atoms with E-state index in [1.807, 2.05) is 7.05 Å². The molecule has 1 aromatic carbocycles. The fourth-order valence-corrected chi connectivity index (χ4v) is 2.63. The number of carbonyl (C=O) groups excluding carboxylic acids is 1. The number of nitro groups is 1. The van der Waals surface area contributed by atoms with Crippen molar-refractivity contribution >= 4 is 24.0 Å². The maximum Gasteiger partial charge on any atom is 0.286 e. The number of halogens is 1. The standard InChI is InChI=1S/C14H17N3O5.ClH/c1-15-4-6-16(7-5-15)14(18)12-10(17(19)20)2-3-11-13(12)22-9-8-21-11;/h2-3H,4-9H2,1H3;1H. The molecule has 1 amide bonds. The van der Waals surface area contributed by atoms with Crippen LogP contribution in [0, 0.1) is 10.1 Å². The molecule has 2 heterocycles. The van der Waals surface area contributed by atoms with Crippen LogP contribution in [0.25, 0.3) is 0 Å². The van der Waals surface area contributed by atoms with E-state index in [1.54, 1.807) is 4.90 Å². The molecular weight excluding hydrogens is 326 g/mol. The molecule has 1 saturated heterocycles. The largest absolute Gasteiger partial charge is 0.486 e. The molecule has 0 saturated carbocycles. The first-order valence-corrected chi connectivity index (χ1v) is 7.12. The van der Waals surface area contributed by atoms with E-state index in [9.17, 15) is 14.9 Å². The van der Waals surface area contributed by atoms with Gasteiger partial charge in [0.1, 0.15) is 13.2 Å². The summed E-state index contributed by atoms with van der Waals surface area (Å²) in [5.41, 5.74) is -0.250. The molecule has 8 nitrogen and oxygen atoms in total. The van der Waals surface area contributed by atoms with E-state index in [1.165, 1.54) is 12.1 Å². The highest BCUT2D eigenvalue weighted by molar-refractivity contribution is 6.02. The van der Waals surface area contributed by atoms with Crippen molar-refractivity contribution in [2.45, 2.75) is 0 Å². The lowest BCUT2D eigenvalue weighted by atomic mass is 10.1. The van der Waals surface area contributed by atoms with Crippen LogP contribution in [0.1, 0.15) is 10.4 Å². The van der Waals surface area contributed by atoms with Gasteiger partial charge < -0.3 is 19.3 Å². The lowest BCUT2D eigenvalue weighted by molar-refractivity contribution is -0.385. The van der Waals surface area contributed by atoms with Crippen molar-refractivity contribution in [3.05, 3.63) is 27.8 Å². The Hall–Kier alpha value is -2.06. The lowest BCUT2D eigenvalue weighted by Crippen LogP contribution is -2.47. The number of nitrogens with zero attached hydrogens (tertiary/aromatic N) is 3. The predicted octanol–water partition coefficient (Wildman–Crippen LogP) is 1.18. The van der Waals surface area contributed by atoms with Crippen LogP contribution in [0.5, 0.6) is 11.5 Å². The second-order valence-electron chi connectivity index (χ2n) is 5.34. The van der Waals surface area contributed by atoms with Gasteiger partial charge in [0.15, 0.2) is 17.1 Å². The molecule has 126 valence electrons. The van der Waals surface area contributed by atoms with Gasteiger partial charge in [-0.3, -0.25) is 14.9 Å². The Labute approximate surface area is 139 Å². The molecule has 9 heteroatoms. The Morgan fingerprint density at radius 1 is 1.17 bits per heavy atom. The first kappa shape index (κ1) is 17.3. The van der Waals surface area contributed by atoms with E-state index in [0.717, 1.165) is 13.1 Å². The van der Waals surface area contributed by atoms with Crippen LogP contribution in [0.2, 0.25) is 0 Å². The van der Waals surface area contributed by atoms with Crippen LogP contribution < -0.4 is 9.47 Å². The SMILES string of the molecule is CN1CCN(C(=O)c2c([N+](=O)[O-])ccc3c2OCCO3)CC1.Cl. The van der Waals surface area contributed by atoms with E-state index in [4.69, 9.17) is 9.47 Å². The number of amides is 1. The average molecular weight is 344 g/mol. The minimum absolute atomic E-state index is 0. The summed E-state index contributed by atoms with van der Waals surface area (Å²) in [6, 6.07) is 2.78. The van der Waals surface area contributed by atoms with Gasteiger partial charge in [-0.05, 0) is 13.1 Å². The fourth-order valence-electron chi connectivity index (χ4n) is 2.63. The van der Waals surface area contributed by atoms with Gasteiger partial charge in [-0.25, -0.2) is 0 Å². The number of fused-ring (bicyclic) bond motifs is 1. The van der Waals surface area contributed by atoms with Crippen LogP contribution in [0.15, 0.2) is 12.1 Å². The molecule has 0 aliphatic carbocycles. The molecule has 0 unspecified atom stereocenters. The number of benzene rings is 1. The van der Waals surface area contributed by atoms with Crippen molar-refractivity contribution in [2.75, 3.05) is 46.4 Å². The highest BCUT2D eigenvalue weighted by atomic mass is 35.5. The van der Waals surface area contributed by atoms with E-state index >= 15 is 0 Å². The van der Waals surface area contributed by atoms with Gasteiger partial charge in [-0.2, -0.15) is 0 Å². The van der Waals surface area contributed by atoms with Crippen molar-refractivity contribution < 1.29 is 19.2 Å². The minimum Gasteiger partial charge on any atom is -0.486 e. The number of hydrogen-bond acceptors (Lipinski definition) is 6. The Kier molecular flexibility index (Phi) is 5.27. The quantitative estimate of drug-likeness (QED) is 0.592. The monoisotopic (exact) mass is 343 g/mol. The van der Waals surface area contributed by atoms with E-state index in [0.29, 0.717) is 25.4 Å². The first-order valence-electron chi connectivity index (χ1n) is 7.12. The summed E-state index contributed by atoms with van der Waals surface area (Å²) >= 11 is 0. The zero-order valence-corrected chi connectivity index (χ0v) is 13.5. The number of ether oxygens (including phenoxy) is 2. The maximum absolute atomic E-state index is 12.8. The molecule has 0 bridgehead atoms. The molecule has 0 aromatic heterocycles. The molecule has 2 aliphatic rings. The molecule has 1 fully saturated rings. The summed E-state index contributed by atoms with van der Waals surface area (Å²) in [6.07, 6.45) is 0. The summed E-state index contributed by atoms with van der Waals surface area (Å²) < 4.78 is 10.9. The highest BCUT2D eigenvalue weighted by Gasteiger charge is 2.33. The minimum atomic E-state index is -0.554. The molecule has 0 radical (unpaired) electrons. The normalized spacial score (nSPS) is 17.3. The molecule has 1 aromatic rings. The summed E-state index contributed by atoms with van der Waals surface area (Å²) in [7, 11) is 1.98. The summed E-state index contributed by atoms with van der Waals surface area (Å²) in [6.45, 7) is 3.20. The average Bonchev–Trinajstić information content (AvgIpc) is 2.53. The second kappa shape index (κ2) is 7.01. The molecular formula is C14H18ClN3O5. The van der Waals surface area contributed by atoms with E-state index in [-0.39, 0.29) is 41.9 Å². The molecule has 0 atom stereocenters. The fraction of sp³-hybridized carbons (Fsp3) is 0.500. The van der Waals surface area contributed by atoms with Gasteiger partial charge in [0.05, 0.1) is 4.92 Å². The summed E-state index contributed by atoms with van der Waals surface area (Å²) in [5.74, 6) is 0.195. The number of carbonyl (C=O) groups is 1. The van der Waals surface area contributed by atoms with Crippen molar-refractivity contribution in [3.63, 3.8) is 0 Å². The highest BCUT2D eigenvalue weighted by Crippen LogP contribution is 2.39. The van der Waals surface area contributed by atoms with Gasteiger partial charge in [-0.1, -0.05) is 0 Å². The number of piperazine rings is 1. The molecule has 0 N–H and O–H groups in total. The van der Waals surface area contributed by atoms with Crippen molar-refractivity contribution in [1.29, 1.82) is 0 Å². The summed E-state index contributed by atoms with van der Waals surface area (Å²) in [5, 5.41) is 11.3. The smallest absolute Gasteiger partial charge is 0.286 e. The number of likely N-dealkylation sites (N-methyl/N-ethyl adjacent to an activating group) is 1. The Morgan fingerprint density at radius 2 is 1.83 bits per heavy atom. The third-order valence-electron chi connectivity index (χ3n) is 3.89. The van der Waals surface area contributed by atoms with Crippen molar-refractivity contribution in [1.82, 2.24) is 9.80 Å². The van der Waals surface area contributed by atoms with Crippen molar-refractivity contribution in [2.24, 2.45) is 0 Å². The second-order valence-corrected chi connectivity index (χ2v) is 5.34. The Morgan fingerprint density at radius 3 is 2.48 bits per heavy atom. The van der Waals surface area contributed by atoms with Crippen LogP contribution in [-0.4, -0.2) is 67.1 Å². The zero-order chi connectivity index (χ0) is 15.7. The van der Waals surface area contributed by atoms with E-state index < -0.39 is 4.92 Å². The van der Waals surface area contributed by atoms with Gasteiger partial charge in [0, 0.05) is 32.2 Å². The number of rotatable bonds is 2. The molecule has 3 rings (SSSR count). The predicted molar refractivity (Wildman–Crippen MR) is 84.7 cm³/mol. The molecule has 23 heavy (non-hydrogen) atoms. The summed E-state index contributed by atoms with van der Waals surface area (Å²) in [4.78, 5) is 27.2. The molecule has 2 aliphatic heterocycles. The first-order chi connectivity index (χ1) is 10.6. The zero-order valence-electron chi connectivity index (χ0n) is 12.7.